The highest BCUT2D eigenvalue weighted by Gasteiger charge is 2.26. The van der Waals surface area contributed by atoms with Gasteiger partial charge in [-0.25, -0.2) is 0 Å². The molecule has 1 aliphatic rings. The molecule has 0 bridgehead atoms. The molecule has 1 aliphatic heterocycles. The number of thiophene rings is 1. The van der Waals surface area contributed by atoms with E-state index in [1.54, 1.807) is 12.1 Å². The first kappa shape index (κ1) is 11.9. The van der Waals surface area contributed by atoms with Gasteiger partial charge in [0.05, 0.1) is 9.21 Å². The van der Waals surface area contributed by atoms with E-state index in [1.165, 1.54) is 11.3 Å². The van der Waals surface area contributed by atoms with Gasteiger partial charge in [0.15, 0.2) is 0 Å². The van der Waals surface area contributed by atoms with E-state index in [0.717, 1.165) is 30.9 Å². The summed E-state index contributed by atoms with van der Waals surface area (Å²) >= 11 is 7.20. The van der Waals surface area contributed by atoms with Gasteiger partial charge in [0.1, 0.15) is 0 Å². The average molecular weight is 259 g/mol. The third-order valence-electron chi connectivity index (χ3n) is 2.86. The van der Waals surface area contributed by atoms with Crippen LogP contribution in [0.15, 0.2) is 12.1 Å². The van der Waals surface area contributed by atoms with Crippen molar-refractivity contribution in [2.24, 2.45) is 0 Å². The second-order valence-electron chi connectivity index (χ2n) is 3.84. The largest absolute Gasteiger partial charge is 0.334 e. The molecule has 2 heterocycles. The minimum atomic E-state index is 0.105. The molecule has 1 unspecified atom stereocenters. The maximum atomic E-state index is 12.2. The SMILES string of the molecule is CCN(C(=O)c1ccc(Cl)s1)C1CCNC1. The van der Waals surface area contributed by atoms with Crippen molar-refractivity contribution in [1.82, 2.24) is 10.2 Å². The van der Waals surface area contributed by atoms with E-state index in [0.29, 0.717) is 10.4 Å². The van der Waals surface area contributed by atoms with Crippen LogP contribution in [-0.2, 0) is 0 Å². The van der Waals surface area contributed by atoms with Gasteiger partial charge in [0.2, 0.25) is 0 Å². The van der Waals surface area contributed by atoms with Gasteiger partial charge < -0.3 is 10.2 Å². The molecule has 1 fully saturated rings. The first-order chi connectivity index (χ1) is 7.72. The van der Waals surface area contributed by atoms with Gasteiger partial charge in [0, 0.05) is 19.1 Å². The molecule has 0 spiro atoms. The summed E-state index contributed by atoms with van der Waals surface area (Å²) in [7, 11) is 0. The number of carbonyl (C=O) groups excluding carboxylic acids is 1. The van der Waals surface area contributed by atoms with Crippen molar-refractivity contribution in [3.63, 3.8) is 0 Å². The molecule has 1 aromatic heterocycles. The Morgan fingerprint density at radius 2 is 2.50 bits per heavy atom. The van der Waals surface area contributed by atoms with Crippen LogP contribution in [0.25, 0.3) is 0 Å². The van der Waals surface area contributed by atoms with Crippen LogP contribution < -0.4 is 5.32 Å². The minimum absolute atomic E-state index is 0.105. The number of carbonyl (C=O) groups is 1. The first-order valence-electron chi connectivity index (χ1n) is 5.49. The molecule has 3 nitrogen and oxygen atoms in total. The first-order valence-corrected chi connectivity index (χ1v) is 6.69. The number of likely N-dealkylation sites (N-methyl/N-ethyl adjacent to an activating group) is 1. The molecule has 88 valence electrons. The maximum absolute atomic E-state index is 12.2. The Balaban J connectivity index is 2.11. The topological polar surface area (TPSA) is 32.3 Å². The number of amides is 1. The summed E-state index contributed by atoms with van der Waals surface area (Å²) < 4.78 is 0.670. The Bertz CT molecular complexity index is 374. The monoisotopic (exact) mass is 258 g/mol. The summed E-state index contributed by atoms with van der Waals surface area (Å²) in [4.78, 5) is 14.9. The molecule has 1 saturated heterocycles. The highest BCUT2D eigenvalue weighted by molar-refractivity contribution is 7.17. The zero-order chi connectivity index (χ0) is 11.5. The Morgan fingerprint density at radius 3 is 3.00 bits per heavy atom. The molecule has 1 aromatic rings. The van der Waals surface area contributed by atoms with Crippen LogP contribution in [-0.4, -0.2) is 36.5 Å². The van der Waals surface area contributed by atoms with Gasteiger partial charge in [-0.15, -0.1) is 11.3 Å². The molecule has 16 heavy (non-hydrogen) atoms. The van der Waals surface area contributed by atoms with E-state index in [9.17, 15) is 4.79 Å². The smallest absolute Gasteiger partial charge is 0.264 e. The quantitative estimate of drug-likeness (QED) is 0.902. The third kappa shape index (κ3) is 2.39. The van der Waals surface area contributed by atoms with Crippen LogP contribution >= 0.6 is 22.9 Å². The molecule has 0 saturated carbocycles. The van der Waals surface area contributed by atoms with Crippen LogP contribution in [0.1, 0.15) is 23.0 Å². The molecule has 0 aliphatic carbocycles. The lowest BCUT2D eigenvalue weighted by molar-refractivity contribution is 0.0709. The molecule has 2 rings (SSSR count). The lowest BCUT2D eigenvalue weighted by Crippen LogP contribution is -2.41. The van der Waals surface area contributed by atoms with Crippen LogP contribution in [0.2, 0.25) is 4.34 Å². The predicted molar refractivity (Wildman–Crippen MR) is 67.3 cm³/mol. The summed E-state index contributed by atoms with van der Waals surface area (Å²) in [5.74, 6) is 0.105. The number of nitrogens with one attached hydrogen (secondary N) is 1. The highest BCUT2D eigenvalue weighted by atomic mass is 35.5. The molecule has 0 aromatic carbocycles. The summed E-state index contributed by atoms with van der Waals surface area (Å²) in [6, 6.07) is 3.92. The fraction of sp³-hybridized carbons (Fsp3) is 0.545. The van der Waals surface area contributed by atoms with Crippen LogP contribution in [0.5, 0.6) is 0 Å². The Hall–Kier alpha value is -0.580. The molecule has 0 radical (unpaired) electrons. The number of halogens is 1. The zero-order valence-electron chi connectivity index (χ0n) is 9.20. The van der Waals surface area contributed by atoms with E-state index in [4.69, 9.17) is 11.6 Å². The second kappa shape index (κ2) is 5.17. The van der Waals surface area contributed by atoms with Gasteiger partial charge in [-0.2, -0.15) is 0 Å². The molecular weight excluding hydrogens is 244 g/mol. The maximum Gasteiger partial charge on any atom is 0.264 e. The molecule has 1 amide bonds. The normalized spacial score (nSPS) is 20.0. The van der Waals surface area contributed by atoms with Gasteiger partial charge in [0.25, 0.3) is 5.91 Å². The summed E-state index contributed by atoms with van der Waals surface area (Å²) in [5.41, 5.74) is 0. The standard InChI is InChI=1S/C11H15ClN2OS/c1-2-14(8-5-6-13-7-8)11(15)9-3-4-10(12)16-9/h3-4,8,13H,2,5-7H2,1H3. The van der Waals surface area contributed by atoms with Crippen molar-refractivity contribution in [1.29, 1.82) is 0 Å². The van der Waals surface area contributed by atoms with Crippen molar-refractivity contribution in [2.45, 2.75) is 19.4 Å². The number of hydrogen-bond acceptors (Lipinski definition) is 3. The molecule has 1 N–H and O–H groups in total. The fourth-order valence-electron chi connectivity index (χ4n) is 2.04. The second-order valence-corrected chi connectivity index (χ2v) is 5.56. The number of hydrogen-bond donors (Lipinski definition) is 1. The van der Waals surface area contributed by atoms with Crippen LogP contribution in [0.4, 0.5) is 0 Å². The van der Waals surface area contributed by atoms with Crippen LogP contribution in [0, 0.1) is 0 Å². The number of rotatable bonds is 3. The number of nitrogens with zero attached hydrogens (tertiary/aromatic N) is 1. The Morgan fingerprint density at radius 1 is 1.69 bits per heavy atom. The van der Waals surface area contributed by atoms with E-state index in [2.05, 4.69) is 5.32 Å². The average Bonchev–Trinajstić information content (AvgIpc) is 2.90. The Kier molecular flexibility index (Phi) is 3.84. The Labute approximate surface area is 104 Å². The van der Waals surface area contributed by atoms with Gasteiger partial charge >= 0.3 is 0 Å². The summed E-state index contributed by atoms with van der Waals surface area (Å²) in [6.07, 6.45) is 1.04. The summed E-state index contributed by atoms with van der Waals surface area (Å²) in [5, 5.41) is 3.28. The van der Waals surface area contributed by atoms with Gasteiger partial charge in [-0.05, 0) is 32.0 Å². The zero-order valence-corrected chi connectivity index (χ0v) is 10.8. The van der Waals surface area contributed by atoms with E-state index in [-0.39, 0.29) is 5.91 Å². The van der Waals surface area contributed by atoms with E-state index >= 15 is 0 Å². The van der Waals surface area contributed by atoms with E-state index in [1.807, 2.05) is 11.8 Å². The van der Waals surface area contributed by atoms with E-state index < -0.39 is 0 Å². The fourth-order valence-corrected chi connectivity index (χ4v) is 3.04. The van der Waals surface area contributed by atoms with Crippen LogP contribution in [0.3, 0.4) is 0 Å². The van der Waals surface area contributed by atoms with Crippen molar-refractivity contribution >= 4 is 28.8 Å². The molecule has 1 atom stereocenters. The summed E-state index contributed by atoms with van der Waals surface area (Å²) in [6.45, 7) is 4.67. The van der Waals surface area contributed by atoms with Crippen molar-refractivity contribution in [3.05, 3.63) is 21.3 Å². The van der Waals surface area contributed by atoms with Crippen molar-refractivity contribution in [2.75, 3.05) is 19.6 Å². The highest BCUT2D eigenvalue weighted by Crippen LogP contribution is 2.24. The van der Waals surface area contributed by atoms with Gasteiger partial charge in [-0.3, -0.25) is 4.79 Å². The molecular formula is C11H15ClN2OS. The predicted octanol–water partition coefficient (Wildman–Crippen LogP) is 2.23. The lowest BCUT2D eigenvalue weighted by atomic mass is 10.2. The van der Waals surface area contributed by atoms with Crippen molar-refractivity contribution < 1.29 is 4.79 Å². The van der Waals surface area contributed by atoms with Crippen molar-refractivity contribution in [3.8, 4) is 0 Å². The minimum Gasteiger partial charge on any atom is -0.334 e. The lowest BCUT2D eigenvalue weighted by Gasteiger charge is -2.26. The third-order valence-corrected chi connectivity index (χ3v) is 4.08. The van der Waals surface area contributed by atoms with Gasteiger partial charge in [-0.1, -0.05) is 11.6 Å². The molecule has 5 heteroatoms.